The maximum absolute atomic E-state index is 11.8. The van der Waals surface area contributed by atoms with E-state index in [0.717, 1.165) is 12.8 Å². The maximum atomic E-state index is 11.8. The molecule has 0 aromatic heterocycles. The van der Waals surface area contributed by atoms with Crippen molar-refractivity contribution in [2.75, 3.05) is 13.2 Å². The molecular weight excluding hydrogens is 270 g/mol. The maximum Gasteiger partial charge on any atom is 0.376 e. The van der Waals surface area contributed by atoms with Gasteiger partial charge in [-0.1, -0.05) is 25.5 Å². The first-order valence-corrected chi connectivity index (χ1v) is 6.97. The summed E-state index contributed by atoms with van der Waals surface area (Å²) in [6, 6.07) is 8.45. The molecule has 0 amide bonds. The molecule has 1 aromatic rings. The Bertz CT molecular complexity index is 516. The number of hydrogen-bond donors (Lipinski definition) is 0. The summed E-state index contributed by atoms with van der Waals surface area (Å²) in [4.78, 5) is 23.2. The Balaban J connectivity index is 2.76. The van der Waals surface area contributed by atoms with Crippen LogP contribution in [0.4, 0.5) is 0 Å². The van der Waals surface area contributed by atoms with Gasteiger partial charge in [-0.2, -0.15) is 5.26 Å². The van der Waals surface area contributed by atoms with Crippen LogP contribution in [-0.2, 0) is 14.3 Å². The van der Waals surface area contributed by atoms with Crippen molar-refractivity contribution in [3.8, 4) is 11.8 Å². The fourth-order valence-corrected chi connectivity index (χ4v) is 1.70. The molecule has 0 N–H and O–H groups in total. The molecule has 0 radical (unpaired) electrons. The van der Waals surface area contributed by atoms with E-state index in [1.54, 1.807) is 31.2 Å². The molecule has 5 heteroatoms. The molecule has 0 aliphatic heterocycles. The van der Waals surface area contributed by atoms with Gasteiger partial charge >= 0.3 is 5.97 Å². The first-order valence-electron chi connectivity index (χ1n) is 6.97. The monoisotopic (exact) mass is 289 g/mol. The summed E-state index contributed by atoms with van der Waals surface area (Å²) in [5, 5.41) is 9.10. The lowest BCUT2D eigenvalue weighted by Crippen LogP contribution is -2.23. The Hall–Kier alpha value is -2.35. The Kier molecular flexibility index (Phi) is 6.96. The number of Topliss-reactive ketones (excluding diaryl/α,β-unsaturated/α-hetero) is 1. The third-order valence-electron chi connectivity index (χ3n) is 2.85. The van der Waals surface area contributed by atoms with Gasteiger partial charge in [0.05, 0.1) is 19.3 Å². The largest absolute Gasteiger partial charge is 0.494 e. The summed E-state index contributed by atoms with van der Waals surface area (Å²) in [5.74, 6) is -2.30. The molecule has 1 atom stereocenters. The predicted molar refractivity (Wildman–Crippen MR) is 76.8 cm³/mol. The zero-order chi connectivity index (χ0) is 15.7. The second-order valence-electron chi connectivity index (χ2n) is 4.42. The smallest absolute Gasteiger partial charge is 0.376 e. The van der Waals surface area contributed by atoms with Crippen LogP contribution in [0.3, 0.4) is 0 Å². The highest BCUT2D eigenvalue weighted by Gasteiger charge is 2.27. The first kappa shape index (κ1) is 16.7. The molecule has 0 spiro atoms. The van der Waals surface area contributed by atoms with Gasteiger partial charge in [-0.3, -0.25) is 4.79 Å². The van der Waals surface area contributed by atoms with Crippen LogP contribution in [0.15, 0.2) is 24.3 Å². The van der Waals surface area contributed by atoms with E-state index < -0.39 is 17.7 Å². The van der Waals surface area contributed by atoms with Crippen LogP contribution >= 0.6 is 0 Å². The lowest BCUT2D eigenvalue weighted by Gasteiger charge is -2.09. The van der Waals surface area contributed by atoms with E-state index in [1.807, 2.05) is 6.07 Å². The number of carbonyl (C=O) groups is 2. The third kappa shape index (κ3) is 4.92. The zero-order valence-electron chi connectivity index (χ0n) is 12.3. The van der Waals surface area contributed by atoms with Gasteiger partial charge in [-0.15, -0.1) is 0 Å². The number of ether oxygens (including phenoxy) is 2. The van der Waals surface area contributed by atoms with Crippen LogP contribution in [0.2, 0.25) is 0 Å². The van der Waals surface area contributed by atoms with Crippen LogP contribution < -0.4 is 4.74 Å². The summed E-state index contributed by atoms with van der Waals surface area (Å²) < 4.78 is 10.1. The highest BCUT2D eigenvalue weighted by Crippen LogP contribution is 2.20. The Morgan fingerprint density at radius 3 is 2.43 bits per heavy atom. The molecule has 0 heterocycles. The van der Waals surface area contributed by atoms with Crippen LogP contribution in [0.5, 0.6) is 5.75 Å². The Morgan fingerprint density at radius 1 is 1.24 bits per heavy atom. The summed E-state index contributed by atoms with van der Waals surface area (Å²) in [6.07, 6.45) is 2.01. The number of carbonyl (C=O) groups excluding carboxylic acids is 2. The molecule has 1 unspecified atom stereocenters. The second-order valence-corrected chi connectivity index (χ2v) is 4.42. The number of hydrogen-bond acceptors (Lipinski definition) is 5. The standard InChI is InChI=1S/C16H19NO4/c1-3-5-10-21-13-8-6-12(7-9-13)14(11-17)15(18)16(19)20-4-2/h6-9,14H,3-5,10H2,1-2H3. The van der Waals surface area contributed by atoms with Gasteiger partial charge in [0.15, 0.2) is 0 Å². The first-order chi connectivity index (χ1) is 10.1. The summed E-state index contributed by atoms with van der Waals surface area (Å²) in [5.41, 5.74) is 0.457. The van der Waals surface area contributed by atoms with Crippen LogP contribution in [0.1, 0.15) is 38.2 Å². The van der Waals surface area contributed by atoms with Crippen molar-refractivity contribution in [1.29, 1.82) is 5.26 Å². The Labute approximate surface area is 124 Å². The van der Waals surface area contributed by atoms with Gasteiger partial charge < -0.3 is 9.47 Å². The van der Waals surface area contributed by atoms with Crippen molar-refractivity contribution in [2.24, 2.45) is 0 Å². The minimum Gasteiger partial charge on any atom is -0.494 e. The number of esters is 1. The molecule has 5 nitrogen and oxygen atoms in total. The molecule has 1 aromatic carbocycles. The van der Waals surface area contributed by atoms with E-state index >= 15 is 0 Å². The minimum absolute atomic E-state index is 0.104. The van der Waals surface area contributed by atoms with Crippen LogP contribution in [-0.4, -0.2) is 25.0 Å². The van der Waals surface area contributed by atoms with Crippen molar-refractivity contribution >= 4 is 11.8 Å². The topological polar surface area (TPSA) is 76.4 Å². The molecule has 0 saturated carbocycles. The molecule has 1 rings (SSSR count). The highest BCUT2D eigenvalue weighted by molar-refractivity contribution is 6.36. The fourth-order valence-electron chi connectivity index (χ4n) is 1.70. The van der Waals surface area contributed by atoms with Crippen LogP contribution in [0, 0.1) is 11.3 Å². The average Bonchev–Trinajstić information content (AvgIpc) is 2.50. The molecular formula is C16H19NO4. The lowest BCUT2D eigenvalue weighted by atomic mass is 9.96. The average molecular weight is 289 g/mol. The SMILES string of the molecule is CCCCOc1ccc(C(C#N)C(=O)C(=O)OCC)cc1. The van der Waals surface area contributed by atoms with Crippen molar-refractivity contribution in [1.82, 2.24) is 0 Å². The van der Waals surface area contributed by atoms with Gasteiger partial charge in [-0.25, -0.2) is 4.79 Å². The third-order valence-corrected chi connectivity index (χ3v) is 2.85. The van der Waals surface area contributed by atoms with Gasteiger partial charge in [0.1, 0.15) is 11.7 Å². The fraction of sp³-hybridized carbons (Fsp3) is 0.438. The van der Waals surface area contributed by atoms with Gasteiger partial charge in [0, 0.05) is 0 Å². The lowest BCUT2D eigenvalue weighted by molar-refractivity contribution is -0.153. The van der Waals surface area contributed by atoms with Crippen molar-refractivity contribution in [2.45, 2.75) is 32.6 Å². The Morgan fingerprint density at radius 2 is 1.90 bits per heavy atom. The van der Waals surface area contributed by atoms with E-state index in [1.165, 1.54) is 0 Å². The van der Waals surface area contributed by atoms with E-state index in [4.69, 9.17) is 10.00 Å². The quantitative estimate of drug-likeness (QED) is 0.417. The zero-order valence-corrected chi connectivity index (χ0v) is 12.3. The number of benzene rings is 1. The minimum atomic E-state index is -1.14. The van der Waals surface area contributed by atoms with Crippen molar-refractivity contribution in [3.63, 3.8) is 0 Å². The molecule has 0 aliphatic carbocycles. The van der Waals surface area contributed by atoms with Gasteiger partial charge in [0.25, 0.3) is 5.78 Å². The second kappa shape index (κ2) is 8.75. The molecule has 0 fully saturated rings. The van der Waals surface area contributed by atoms with Gasteiger partial charge in [0.2, 0.25) is 0 Å². The number of ketones is 1. The predicted octanol–water partition coefficient (Wildman–Crippen LogP) is 2.60. The normalized spacial score (nSPS) is 11.3. The van der Waals surface area contributed by atoms with Crippen molar-refractivity contribution in [3.05, 3.63) is 29.8 Å². The highest BCUT2D eigenvalue weighted by atomic mass is 16.5. The molecule has 0 bridgehead atoms. The van der Waals surface area contributed by atoms with Gasteiger partial charge in [-0.05, 0) is 31.0 Å². The molecule has 0 aliphatic rings. The van der Waals surface area contributed by atoms with E-state index in [0.29, 0.717) is 17.9 Å². The number of nitriles is 1. The summed E-state index contributed by atoms with van der Waals surface area (Å²) in [6.45, 7) is 4.41. The van der Waals surface area contributed by atoms with E-state index in [2.05, 4.69) is 11.7 Å². The molecule has 112 valence electrons. The molecule has 21 heavy (non-hydrogen) atoms. The molecule has 0 saturated heterocycles. The van der Waals surface area contributed by atoms with E-state index in [9.17, 15) is 9.59 Å². The van der Waals surface area contributed by atoms with Crippen molar-refractivity contribution < 1.29 is 19.1 Å². The number of unbranched alkanes of at least 4 members (excludes halogenated alkanes) is 1. The van der Waals surface area contributed by atoms with E-state index in [-0.39, 0.29) is 6.61 Å². The van der Waals surface area contributed by atoms with Crippen LogP contribution in [0.25, 0.3) is 0 Å². The number of nitrogens with zero attached hydrogens (tertiary/aromatic N) is 1. The number of rotatable bonds is 8. The summed E-state index contributed by atoms with van der Waals surface area (Å²) in [7, 11) is 0. The summed E-state index contributed by atoms with van der Waals surface area (Å²) >= 11 is 0.